The number of nitrogens with one attached hydrogen (secondary N) is 1. The molecule has 0 aliphatic carbocycles. The van der Waals surface area contributed by atoms with E-state index in [9.17, 15) is 5.11 Å². The van der Waals surface area contributed by atoms with Crippen LogP contribution in [0.2, 0.25) is 0 Å². The second kappa shape index (κ2) is 8.83. The zero-order valence-electron chi connectivity index (χ0n) is 19.9. The van der Waals surface area contributed by atoms with Gasteiger partial charge in [0.1, 0.15) is 11.3 Å². The smallest absolute Gasteiger partial charge is 0.206 e. The summed E-state index contributed by atoms with van der Waals surface area (Å²) in [6, 6.07) is 12.6. The number of aromatic nitrogens is 8. The van der Waals surface area contributed by atoms with Gasteiger partial charge in [-0.3, -0.25) is 0 Å². The molecule has 5 aromatic rings. The molecule has 0 spiro atoms. The molecule has 0 aliphatic rings. The molecular formula is C25H28N8O. The summed E-state index contributed by atoms with van der Waals surface area (Å²) in [6.45, 7) is 9.77. The van der Waals surface area contributed by atoms with Crippen LogP contribution in [0.1, 0.15) is 42.2 Å². The topological polar surface area (TPSA) is 110 Å². The molecule has 0 amide bonds. The van der Waals surface area contributed by atoms with Gasteiger partial charge in [-0.1, -0.05) is 31.2 Å². The van der Waals surface area contributed by atoms with E-state index in [-0.39, 0.29) is 6.61 Å². The van der Waals surface area contributed by atoms with Gasteiger partial charge in [0.2, 0.25) is 5.82 Å². The number of rotatable bonds is 7. The maximum absolute atomic E-state index is 9.63. The zero-order valence-corrected chi connectivity index (χ0v) is 19.9. The van der Waals surface area contributed by atoms with Crippen molar-refractivity contribution in [3.8, 4) is 22.6 Å². The Bertz CT molecular complexity index is 1450. The first-order chi connectivity index (χ1) is 16.5. The molecule has 9 heteroatoms. The van der Waals surface area contributed by atoms with Crippen LogP contribution < -0.4 is 0 Å². The van der Waals surface area contributed by atoms with E-state index in [4.69, 9.17) is 4.98 Å². The van der Waals surface area contributed by atoms with Crippen molar-refractivity contribution in [1.82, 2.24) is 39.7 Å². The monoisotopic (exact) mass is 456 g/mol. The molecule has 0 atom stereocenters. The predicted octanol–water partition coefficient (Wildman–Crippen LogP) is 3.82. The largest absolute Gasteiger partial charge is 0.390 e. The van der Waals surface area contributed by atoms with E-state index >= 15 is 0 Å². The van der Waals surface area contributed by atoms with Crippen molar-refractivity contribution >= 4 is 11.2 Å². The predicted molar refractivity (Wildman–Crippen MR) is 130 cm³/mol. The Morgan fingerprint density at radius 2 is 1.79 bits per heavy atom. The number of fused-ring (bicyclic) bond motifs is 1. The highest BCUT2D eigenvalue weighted by atomic mass is 16.3. The Labute approximate surface area is 197 Å². The molecule has 0 bridgehead atoms. The lowest BCUT2D eigenvalue weighted by molar-refractivity contribution is 0.277. The number of pyridine rings is 1. The van der Waals surface area contributed by atoms with Crippen molar-refractivity contribution in [2.45, 2.75) is 53.8 Å². The quantitative estimate of drug-likeness (QED) is 0.385. The summed E-state index contributed by atoms with van der Waals surface area (Å²) in [5, 5.41) is 24.3. The summed E-state index contributed by atoms with van der Waals surface area (Å²) in [5.41, 5.74) is 8.86. The van der Waals surface area contributed by atoms with Crippen molar-refractivity contribution in [2.75, 3.05) is 0 Å². The number of H-pyrrole nitrogens is 1. The van der Waals surface area contributed by atoms with E-state index in [0.717, 1.165) is 63.6 Å². The first-order valence-electron chi connectivity index (χ1n) is 11.5. The molecule has 0 saturated carbocycles. The highest BCUT2D eigenvalue weighted by Gasteiger charge is 2.19. The number of hydrogen-bond acceptors (Lipinski definition) is 6. The van der Waals surface area contributed by atoms with Gasteiger partial charge in [0.05, 0.1) is 24.5 Å². The minimum atomic E-state index is -0.0860. The van der Waals surface area contributed by atoms with E-state index < -0.39 is 0 Å². The maximum atomic E-state index is 9.63. The van der Waals surface area contributed by atoms with Crippen molar-refractivity contribution < 1.29 is 5.11 Å². The first-order valence-corrected chi connectivity index (χ1v) is 11.5. The number of aliphatic hydroxyl groups is 1. The van der Waals surface area contributed by atoms with Gasteiger partial charge in [-0.25, -0.2) is 9.97 Å². The van der Waals surface area contributed by atoms with Crippen LogP contribution in [0.25, 0.3) is 33.8 Å². The number of aromatic amines is 1. The Kier molecular flexibility index (Phi) is 5.70. The van der Waals surface area contributed by atoms with Crippen LogP contribution in [0.5, 0.6) is 0 Å². The SMILES string of the molecule is CCc1nc2c(C)cc(CO)nc2n1Cc1ccc(-c2c(-c3nn[nH]n3)cc(C)n2CC)cc1. The molecular weight excluding hydrogens is 428 g/mol. The maximum Gasteiger partial charge on any atom is 0.206 e. The van der Waals surface area contributed by atoms with Crippen molar-refractivity contribution in [2.24, 2.45) is 0 Å². The van der Waals surface area contributed by atoms with Crippen LogP contribution in [0, 0.1) is 13.8 Å². The Morgan fingerprint density at radius 3 is 2.44 bits per heavy atom. The third kappa shape index (κ3) is 3.67. The molecule has 2 N–H and O–H groups in total. The molecule has 0 radical (unpaired) electrons. The van der Waals surface area contributed by atoms with Crippen LogP contribution in [0.4, 0.5) is 0 Å². The Morgan fingerprint density at radius 1 is 1.00 bits per heavy atom. The molecule has 0 fully saturated rings. The number of nitrogens with zero attached hydrogens (tertiary/aromatic N) is 7. The fourth-order valence-corrected chi connectivity index (χ4v) is 4.66. The molecule has 0 aliphatic heterocycles. The summed E-state index contributed by atoms with van der Waals surface area (Å²) >= 11 is 0. The third-order valence-electron chi connectivity index (χ3n) is 6.28. The summed E-state index contributed by atoms with van der Waals surface area (Å²) in [7, 11) is 0. The Balaban J connectivity index is 1.54. The van der Waals surface area contributed by atoms with Crippen LogP contribution in [-0.2, 0) is 26.1 Å². The van der Waals surface area contributed by atoms with E-state index in [0.29, 0.717) is 18.1 Å². The molecule has 4 aromatic heterocycles. The average Bonchev–Trinajstić information content (AvgIpc) is 3.57. The third-order valence-corrected chi connectivity index (χ3v) is 6.28. The standard InChI is InChI=1S/C25H28N8O/c1-5-21-27-22-15(3)11-19(14-34)26-25(22)33(21)13-17-7-9-18(10-8-17)23-20(24-28-30-31-29-24)12-16(4)32(23)6-2/h7-12,34H,5-6,13-14H2,1-4H3,(H,28,29,30,31). The Hall–Kier alpha value is -3.85. The van der Waals surface area contributed by atoms with Gasteiger partial charge >= 0.3 is 0 Å². The van der Waals surface area contributed by atoms with Crippen LogP contribution in [0.15, 0.2) is 36.4 Å². The van der Waals surface area contributed by atoms with Crippen molar-refractivity contribution in [3.05, 3.63) is 64.7 Å². The highest BCUT2D eigenvalue weighted by molar-refractivity contribution is 5.79. The van der Waals surface area contributed by atoms with Gasteiger partial charge in [0.25, 0.3) is 0 Å². The van der Waals surface area contributed by atoms with Gasteiger partial charge in [-0.2, -0.15) is 5.21 Å². The van der Waals surface area contributed by atoms with Crippen LogP contribution >= 0.6 is 0 Å². The lowest BCUT2D eigenvalue weighted by Crippen LogP contribution is -2.06. The van der Waals surface area contributed by atoms with Crippen LogP contribution in [0.3, 0.4) is 0 Å². The minimum Gasteiger partial charge on any atom is -0.390 e. The lowest BCUT2D eigenvalue weighted by Gasteiger charge is -2.12. The fourth-order valence-electron chi connectivity index (χ4n) is 4.66. The van der Waals surface area contributed by atoms with E-state index in [1.165, 1.54) is 0 Å². The summed E-state index contributed by atoms with van der Waals surface area (Å²) in [6.07, 6.45) is 0.805. The number of tetrazole rings is 1. The fraction of sp³-hybridized carbons (Fsp3) is 0.320. The van der Waals surface area contributed by atoms with Gasteiger partial charge in [-0.15, -0.1) is 10.2 Å². The number of benzene rings is 1. The first kappa shape index (κ1) is 22.0. The lowest BCUT2D eigenvalue weighted by atomic mass is 10.0. The van der Waals surface area contributed by atoms with Gasteiger partial charge in [0.15, 0.2) is 5.65 Å². The average molecular weight is 457 g/mol. The number of aliphatic hydroxyl groups excluding tert-OH is 1. The van der Waals surface area contributed by atoms with E-state index in [2.05, 4.69) is 85.8 Å². The van der Waals surface area contributed by atoms with Gasteiger partial charge in [-0.05, 0) is 54.8 Å². The van der Waals surface area contributed by atoms with Crippen molar-refractivity contribution in [1.29, 1.82) is 0 Å². The van der Waals surface area contributed by atoms with Gasteiger partial charge in [0, 0.05) is 24.2 Å². The summed E-state index contributed by atoms with van der Waals surface area (Å²) in [4.78, 5) is 9.50. The molecule has 9 nitrogen and oxygen atoms in total. The number of aryl methyl sites for hydroxylation is 3. The minimum absolute atomic E-state index is 0.0860. The molecule has 0 unspecified atom stereocenters. The highest BCUT2D eigenvalue weighted by Crippen LogP contribution is 2.33. The molecule has 4 heterocycles. The second-order valence-corrected chi connectivity index (χ2v) is 8.45. The van der Waals surface area contributed by atoms with Crippen molar-refractivity contribution in [3.63, 3.8) is 0 Å². The second-order valence-electron chi connectivity index (χ2n) is 8.45. The summed E-state index contributed by atoms with van der Waals surface area (Å²) in [5.74, 6) is 1.58. The normalized spacial score (nSPS) is 11.6. The van der Waals surface area contributed by atoms with E-state index in [1.54, 1.807) is 0 Å². The summed E-state index contributed by atoms with van der Waals surface area (Å²) < 4.78 is 4.42. The van der Waals surface area contributed by atoms with Crippen LogP contribution in [-0.4, -0.2) is 44.8 Å². The number of imidazole rings is 1. The van der Waals surface area contributed by atoms with Gasteiger partial charge < -0.3 is 14.2 Å². The number of hydrogen-bond donors (Lipinski definition) is 2. The zero-order chi connectivity index (χ0) is 23.8. The molecule has 174 valence electrons. The van der Waals surface area contributed by atoms with E-state index in [1.807, 2.05) is 13.0 Å². The molecule has 34 heavy (non-hydrogen) atoms. The molecule has 0 saturated heterocycles. The molecule has 5 rings (SSSR count). The molecule has 1 aromatic carbocycles.